The summed E-state index contributed by atoms with van der Waals surface area (Å²) < 4.78 is 24.8. The fourth-order valence-corrected chi connectivity index (χ4v) is 2.13. The zero-order valence-electron chi connectivity index (χ0n) is 13.1. The van der Waals surface area contributed by atoms with Crippen molar-refractivity contribution in [3.8, 4) is 11.6 Å². The summed E-state index contributed by atoms with van der Waals surface area (Å²) in [7, 11) is 1.52. The van der Waals surface area contributed by atoms with Crippen LogP contribution in [-0.4, -0.2) is 23.2 Å². The number of benzene rings is 1. The van der Waals surface area contributed by atoms with E-state index in [1.807, 2.05) is 20.8 Å². The maximum Gasteiger partial charge on any atom is 0.234 e. The van der Waals surface area contributed by atoms with Crippen molar-refractivity contribution in [3.63, 3.8) is 0 Å². The lowest BCUT2D eigenvalue weighted by atomic mass is 10.1. The van der Waals surface area contributed by atoms with Crippen LogP contribution in [0.3, 0.4) is 0 Å². The summed E-state index contributed by atoms with van der Waals surface area (Å²) in [6, 6.07) is 4.40. The Morgan fingerprint density at radius 1 is 1.18 bits per heavy atom. The van der Waals surface area contributed by atoms with E-state index in [1.165, 1.54) is 13.2 Å². The second-order valence-electron chi connectivity index (χ2n) is 5.13. The van der Waals surface area contributed by atoms with Crippen molar-refractivity contribution in [2.75, 3.05) is 12.4 Å². The zero-order valence-corrected chi connectivity index (χ0v) is 13.1. The average Bonchev–Trinajstić information content (AvgIpc) is 2.46. The summed E-state index contributed by atoms with van der Waals surface area (Å²) in [6.07, 6.45) is 3.12. The van der Waals surface area contributed by atoms with Gasteiger partial charge in [-0.25, -0.2) is 4.39 Å². The van der Waals surface area contributed by atoms with Crippen LogP contribution in [0.15, 0.2) is 30.6 Å². The van der Waals surface area contributed by atoms with Gasteiger partial charge in [-0.2, -0.15) is 4.98 Å². The van der Waals surface area contributed by atoms with E-state index >= 15 is 0 Å². The fourth-order valence-electron chi connectivity index (χ4n) is 2.13. The molecule has 1 atom stereocenters. The van der Waals surface area contributed by atoms with Crippen LogP contribution in [0.1, 0.15) is 32.4 Å². The van der Waals surface area contributed by atoms with Gasteiger partial charge in [0, 0.05) is 0 Å². The number of rotatable bonds is 6. The van der Waals surface area contributed by atoms with E-state index in [9.17, 15) is 4.39 Å². The van der Waals surface area contributed by atoms with Crippen molar-refractivity contribution in [1.82, 2.24) is 9.97 Å². The lowest BCUT2D eigenvalue weighted by Gasteiger charge is -2.18. The molecule has 0 aliphatic heterocycles. The van der Waals surface area contributed by atoms with Crippen LogP contribution in [-0.2, 0) is 0 Å². The molecule has 0 saturated carbocycles. The number of hydrogen-bond donors (Lipinski definition) is 1. The van der Waals surface area contributed by atoms with Crippen molar-refractivity contribution in [1.29, 1.82) is 0 Å². The van der Waals surface area contributed by atoms with Gasteiger partial charge >= 0.3 is 0 Å². The summed E-state index contributed by atoms with van der Waals surface area (Å²) in [5.74, 6) is 1.09. The molecule has 1 N–H and O–H groups in total. The van der Waals surface area contributed by atoms with Crippen molar-refractivity contribution < 1.29 is 13.9 Å². The summed E-state index contributed by atoms with van der Waals surface area (Å²) >= 11 is 0. The largest absolute Gasteiger partial charge is 0.496 e. The van der Waals surface area contributed by atoms with Crippen molar-refractivity contribution in [2.45, 2.75) is 32.9 Å². The standard InChI is InChI=1S/C16H20FN3O2/c1-10(2)22-15-9-18-8-14(20-15)19-11(3)16-12(17)6-5-7-13(16)21-4/h5-11H,1-4H3,(H,19,20). The van der Waals surface area contributed by atoms with Crippen molar-refractivity contribution in [3.05, 3.63) is 42.0 Å². The number of nitrogens with zero attached hydrogens (tertiary/aromatic N) is 2. The monoisotopic (exact) mass is 305 g/mol. The van der Waals surface area contributed by atoms with E-state index in [0.717, 1.165) is 0 Å². The molecule has 0 bridgehead atoms. The number of halogens is 1. The predicted octanol–water partition coefficient (Wildman–Crippen LogP) is 3.58. The Bertz CT molecular complexity index is 635. The highest BCUT2D eigenvalue weighted by atomic mass is 19.1. The van der Waals surface area contributed by atoms with Crippen LogP contribution in [0.5, 0.6) is 11.6 Å². The van der Waals surface area contributed by atoms with Gasteiger partial charge in [0.25, 0.3) is 0 Å². The Hall–Kier alpha value is -2.37. The molecule has 6 heteroatoms. The molecule has 1 heterocycles. The van der Waals surface area contributed by atoms with Crippen LogP contribution < -0.4 is 14.8 Å². The molecule has 0 radical (unpaired) electrons. The first-order chi connectivity index (χ1) is 10.5. The molecule has 1 aromatic heterocycles. The normalized spacial score (nSPS) is 12.1. The molecule has 22 heavy (non-hydrogen) atoms. The van der Waals surface area contributed by atoms with E-state index in [2.05, 4.69) is 15.3 Å². The topological polar surface area (TPSA) is 56.3 Å². The average molecular weight is 305 g/mol. The van der Waals surface area contributed by atoms with Gasteiger partial charge in [0.1, 0.15) is 17.4 Å². The Morgan fingerprint density at radius 2 is 1.95 bits per heavy atom. The molecule has 0 spiro atoms. The van der Waals surface area contributed by atoms with Crippen molar-refractivity contribution >= 4 is 5.82 Å². The molecule has 0 fully saturated rings. The molecule has 2 rings (SSSR count). The third kappa shape index (κ3) is 3.84. The van der Waals surface area contributed by atoms with Gasteiger partial charge in [0.15, 0.2) is 0 Å². The van der Waals surface area contributed by atoms with Gasteiger partial charge in [0.2, 0.25) is 5.88 Å². The van der Waals surface area contributed by atoms with E-state index in [-0.39, 0.29) is 18.0 Å². The second-order valence-corrected chi connectivity index (χ2v) is 5.13. The lowest BCUT2D eigenvalue weighted by Crippen LogP contribution is -2.13. The lowest BCUT2D eigenvalue weighted by molar-refractivity contribution is 0.232. The molecular weight excluding hydrogens is 285 g/mol. The number of hydrogen-bond acceptors (Lipinski definition) is 5. The van der Waals surface area contributed by atoms with Gasteiger partial charge < -0.3 is 14.8 Å². The highest BCUT2D eigenvalue weighted by Crippen LogP contribution is 2.29. The molecule has 1 unspecified atom stereocenters. The number of aromatic nitrogens is 2. The summed E-state index contributed by atoms with van der Waals surface area (Å²) in [4.78, 5) is 8.38. The first-order valence-corrected chi connectivity index (χ1v) is 7.09. The van der Waals surface area contributed by atoms with E-state index in [0.29, 0.717) is 23.0 Å². The first-order valence-electron chi connectivity index (χ1n) is 7.09. The van der Waals surface area contributed by atoms with E-state index < -0.39 is 0 Å². The fraction of sp³-hybridized carbons (Fsp3) is 0.375. The molecular formula is C16H20FN3O2. The Morgan fingerprint density at radius 3 is 2.64 bits per heavy atom. The van der Waals surface area contributed by atoms with Crippen molar-refractivity contribution in [2.24, 2.45) is 0 Å². The Labute approximate surface area is 129 Å². The minimum Gasteiger partial charge on any atom is -0.496 e. The third-order valence-corrected chi connectivity index (χ3v) is 3.00. The quantitative estimate of drug-likeness (QED) is 0.884. The third-order valence-electron chi connectivity index (χ3n) is 3.00. The molecule has 0 aliphatic carbocycles. The minimum atomic E-state index is -0.334. The molecule has 0 saturated heterocycles. The summed E-state index contributed by atoms with van der Waals surface area (Å²) in [5, 5.41) is 3.11. The first kappa shape index (κ1) is 16.0. The number of anilines is 1. The molecule has 0 amide bonds. The summed E-state index contributed by atoms with van der Waals surface area (Å²) in [5.41, 5.74) is 0.446. The van der Waals surface area contributed by atoms with Gasteiger partial charge in [-0.3, -0.25) is 4.98 Å². The van der Waals surface area contributed by atoms with Gasteiger partial charge in [-0.1, -0.05) is 6.07 Å². The molecule has 118 valence electrons. The minimum absolute atomic E-state index is 0.00800. The SMILES string of the molecule is COc1cccc(F)c1C(C)Nc1cncc(OC(C)C)n1. The van der Waals surface area contributed by atoms with Gasteiger partial charge in [-0.05, 0) is 32.9 Å². The van der Waals surface area contributed by atoms with Crippen LogP contribution in [0.2, 0.25) is 0 Å². The van der Waals surface area contributed by atoms with Gasteiger partial charge in [0.05, 0.1) is 37.2 Å². The Balaban J connectivity index is 2.20. The maximum absolute atomic E-state index is 14.1. The van der Waals surface area contributed by atoms with Crippen LogP contribution >= 0.6 is 0 Å². The second kappa shape index (κ2) is 7.06. The van der Waals surface area contributed by atoms with Crippen LogP contribution in [0.25, 0.3) is 0 Å². The Kier molecular flexibility index (Phi) is 5.14. The van der Waals surface area contributed by atoms with Crippen LogP contribution in [0, 0.1) is 5.82 Å². The highest BCUT2D eigenvalue weighted by molar-refractivity contribution is 5.43. The number of nitrogens with one attached hydrogen (secondary N) is 1. The highest BCUT2D eigenvalue weighted by Gasteiger charge is 2.17. The molecule has 5 nitrogen and oxygen atoms in total. The smallest absolute Gasteiger partial charge is 0.234 e. The van der Waals surface area contributed by atoms with Gasteiger partial charge in [-0.15, -0.1) is 0 Å². The zero-order chi connectivity index (χ0) is 16.1. The summed E-state index contributed by atoms with van der Waals surface area (Å²) in [6.45, 7) is 5.65. The number of methoxy groups -OCH3 is 1. The van der Waals surface area contributed by atoms with E-state index in [1.54, 1.807) is 24.5 Å². The number of ether oxygens (including phenoxy) is 2. The van der Waals surface area contributed by atoms with Crippen LogP contribution in [0.4, 0.5) is 10.2 Å². The predicted molar refractivity (Wildman–Crippen MR) is 82.8 cm³/mol. The van der Waals surface area contributed by atoms with E-state index in [4.69, 9.17) is 9.47 Å². The molecule has 0 aliphatic rings. The maximum atomic E-state index is 14.1. The molecule has 2 aromatic rings. The molecule has 1 aromatic carbocycles.